The van der Waals surface area contributed by atoms with E-state index < -0.39 is 10.0 Å². The zero-order chi connectivity index (χ0) is 18.6. The van der Waals surface area contributed by atoms with Crippen molar-refractivity contribution >= 4 is 33.2 Å². The summed E-state index contributed by atoms with van der Waals surface area (Å²) in [5.41, 5.74) is 1.19. The molecule has 0 fully saturated rings. The van der Waals surface area contributed by atoms with E-state index in [9.17, 15) is 13.2 Å². The molecule has 0 aromatic heterocycles. The van der Waals surface area contributed by atoms with Crippen molar-refractivity contribution in [2.24, 2.45) is 0 Å². The van der Waals surface area contributed by atoms with E-state index in [4.69, 9.17) is 16.3 Å². The molecular weight excluding hydrogens is 364 g/mol. The number of methoxy groups -OCH3 is 1. The number of carbonyl (C=O) groups excluding carboxylic acids is 1. The van der Waals surface area contributed by atoms with E-state index >= 15 is 0 Å². The summed E-state index contributed by atoms with van der Waals surface area (Å²) in [4.78, 5) is 11.3. The van der Waals surface area contributed by atoms with Crippen LogP contribution in [0, 0.1) is 0 Å². The molecular formula is C17H19ClN2O4S. The highest BCUT2D eigenvalue weighted by Crippen LogP contribution is 2.29. The Balaban J connectivity index is 2.30. The van der Waals surface area contributed by atoms with E-state index in [0.717, 1.165) is 5.56 Å². The van der Waals surface area contributed by atoms with Gasteiger partial charge in [0.15, 0.2) is 0 Å². The highest BCUT2D eigenvalue weighted by molar-refractivity contribution is 7.89. The first-order chi connectivity index (χ1) is 11.7. The second-order valence-corrected chi connectivity index (χ2v) is 7.92. The van der Waals surface area contributed by atoms with E-state index in [1.807, 2.05) is 0 Å². The lowest BCUT2D eigenvalue weighted by Crippen LogP contribution is -2.26. The Bertz CT molecular complexity index is 884. The Kier molecular flexibility index (Phi) is 6.05. The van der Waals surface area contributed by atoms with Gasteiger partial charge in [0.2, 0.25) is 15.9 Å². The first kappa shape index (κ1) is 19.2. The van der Waals surface area contributed by atoms with Gasteiger partial charge in [0.1, 0.15) is 5.75 Å². The van der Waals surface area contributed by atoms with Crippen molar-refractivity contribution in [1.29, 1.82) is 0 Å². The van der Waals surface area contributed by atoms with Crippen LogP contribution in [0.3, 0.4) is 0 Å². The maximum Gasteiger partial charge on any atom is 0.243 e. The minimum Gasteiger partial charge on any atom is -0.495 e. The predicted molar refractivity (Wildman–Crippen MR) is 97.4 cm³/mol. The number of hydrogen-bond donors (Lipinski definition) is 1. The number of amides is 1. The van der Waals surface area contributed by atoms with Gasteiger partial charge < -0.3 is 10.1 Å². The fraction of sp³-hybridized carbons (Fsp3) is 0.235. The molecule has 134 valence electrons. The zero-order valence-electron chi connectivity index (χ0n) is 14.1. The van der Waals surface area contributed by atoms with Crippen LogP contribution in [0.4, 0.5) is 5.69 Å². The second-order valence-electron chi connectivity index (χ2n) is 5.43. The number of anilines is 1. The summed E-state index contributed by atoms with van der Waals surface area (Å²) < 4.78 is 32.0. The van der Waals surface area contributed by atoms with Crippen LogP contribution < -0.4 is 10.1 Å². The van der Waals surface area contributed by atoms with Gasteiger partial charge >= 0.3 is 0 Å². The standard InChI is InChI=1S/C17H19ClN2O4S/c1-12(21)19-16-8-7-15(10-17(16)24-3)25(22,23)20(2)11-13-5-4-6-14(18)9-13/h4-10H,11H2,1-3H3,(H,19,21). The molecule has 0 aliphatic rings. The molecule has 0 atom stereocenters. The van der Waals surface area contributed by atoms with Gasteiger partial charge in [-0.3, -0.25) is 4.79 Å². The summed E-state index contributed by atoms with van der Waals surface area (Å²) in [6.45, 7) is 1.54. The van der Waals surface area contributed by atoms with E-state index in [1.165, 1.54) is 43.6 Å². The molecule has 25 heavy (non-hydrogen) atoms. The Morgan fingerprint density at radius 2 is 1.96 bits per heavy atom. The van der Waals surface area contributed by atoms with E-state index in [-0.39, 0.29) is 23.1 Å². The van der Waals surface area contributed by atoms with Crippen molar-refractivity contribution < 1.29 is 17.9 Å². The van der Waals surface area contributed by atoms with E-state index in [0.29, 0.717) is 10.7 Å². The Hall–Kier alpha value is -2.09. The van der Waals surface area contributed by atoms with Crippen LogP contribution in [0.15, 0.2) is 47.4 Å². The van der Waals surface area contributed by atoms with Gasteiger partial charge in [0.05, 0.1) is 17.7 Å². The molecule has 1 amide bonds. The van der Waals surface area contributed by atoms with Crippen molar-refractivity contribution in [2.75, 3.05) is 19.5 Å². The third-order valence-electron chi connectivity index (χ3n) is 3.49. The van der Waals surface area contributed by atoms with Gasteiger partial charge in [0, 0.05) is 31.6 Å². The van der Waals surface area contributed by atoms with Crippen molar-refractivity contribution in [1.82, 2.24) is 4.31 Å². The maximum absolute atomic E-state index is 12.8. The maximum atomic E-state index is 12.8. The molecule has 0 radical (unpaired) electrons. The average molecular weight is 383 g/mol. The monoisotopic (exact) mass is 382 g/mol. The van der Waals surface area contributed by atoms with E-state index in [1.54, 1.807) is 24.3 Å². The van der Waals surface area contributed by atoms with Crippen molar-refractivity contribution in [3.8, 4) is 5.75 Å². The fourth-order valence-corrected chi connectivity index (χ4v) is 3.67. The topological polar surface area (TPSA) is 75.7 Å². The van der Waals surface area contributed by atoms with Crippen LogP contribution in [0.2, 0.25) is 5.02 Å². The van der Waals surface area contributed by atoms with Crippen LogP contribution >= 0.6 is 11.6 Å². The van der Waals surface area contributed by atoms with Gasteiger partial charge in [-0.2, -0.15) is 4.31 Å². The molecule has 0 bridgehead atoms. The molecule has 8 heteroatoms. The first-order valence-corrected chi connectivity index (χ1v) is 9.22. The number of benzene rings is 2. The Morgan fingerprint density at radius 3 is 2.56 bits per heavy atom. The number of carbonyl (C=O) groups is 1. The van der Waals surface area contributed by atoms with E-state index in [2.05, 4.69) is 5.32 Å². The van der Waals surface area contributed by atoms with Crippen LogP contribution in [-0.4, -0.2) is 32.8 Å². The molecule has 0 aliphatic carbocycles. The Labute approximate surface area is 152 Å². The SMILES string of the molecule is COc1cc(S(=O)(=O)N(C)Cc2cccc(Cl)c2)ccc1NC(C)=O. The van der Waals surface area contributed by atoms with Gasteiger partial charge in [-0.1, -0.05) is 23.7 Å². The quantitative estimate of drug-likeness (QED) is 0.832. The number of nitrogens with one attached hydrogen (secondary N) is 1. The molecule has 0 saturated heterocycles. The smallest absolute Gasteiger partial charge is 0.243 e. The lowest BCUT2D eigenvalue weighted by atomic mass is 10.2. The molecule has 2 aromatic carbocycles. The van der Waals surface area contributed by atoms with Crippen LogP contribution in [0.1, 0.15) is 12.5 Å². The Morgan fingerprint density at radius 1 is 1.24 bits per heavy atom. The largest absolute Gasteiger partial charge is 0.495 e. The van der Waals surface area contributed by atoms with Crippen molar-refractivity contribution in [2.45, 2.75) is 18.4 Å². The summed E-state index contributed by atoms with van der Waals surface area (Å²) in [6, 6.07) is 11.3. The zero-order valence-corrected chi connectivity index (χ0v) is 15.7. The molecule has 2 aromatic rings. The van der Waals surface area contributed by atoms with Crippen LogP contribution in [-0.2, 0) is 21.4 Å². The minimum atomic E-state index is -3.73. The van der Waals surface area contributed by atoms with Gasteiger partial charge in [-0.05, 0) is 29.8 Å². The molecule has 0 saturated carbocycles. The van der Waals surface area contributed by atoms with Crippen molar-refractivity contribution in [3.05, 3.63) is 53.1 Å². The third kappa shape index (κ3) is 4.72. The summed E-state index contributed by atoms with van der Waals surface area (Å²) in [7, 11) is -0.830. The molecule has 2 rings (SSSR count). The van der Waals surface area contributed by atoms with Crippen LogP contribution in [0.5, 0.6) is 5.75 Å². The average Bonchev–Trinajstić information content (AvgIpc) is 2.54. The highest BCUT2D eigenvalue weighted by Gasteiger charge is 2.22. The molecule has 0 heterocycles. The summed E-state index contributed by atoms with van der Waals surface area (Å²) >= 11 is 5.94. The van der Waals surface area contributed by atoms with Gasteiger partial charge in [-0.15, -0.1) is 0 Å². The molecule has 0 aliphatic heterocycles. The fourth-order valence-electron chi connectivity index (χ4n) is 2.28. The normalized spacial score (nSPS) is 11.4. The molecule has 0 unspecified atom stereocenters. The minimum absolute atomic E-state index is 0.0722. The lowest BCUT2D eigenvalue weighted by Gasteiger charge is -2.18. The number of ether oxygens (including phenoxy) is 1. The summed E-state index contributed by atoms with van der Waals surface area (Å²) in [5, 5.41) is 3.14. The first-order valence-electron chi connectivity index (χ1n) is 7.40. The van der Waals surface area contributed by atoms with Crippen molar-refractivity contribution in [3.63, 3.8) is 0 Å². The highest BCUT2D eigenvalue weighted by atomic mass is 35.5. The number of nitrogens with zero attached hydrogens (tertiary/aromatic N) is 1. The predicted octanol–water partition coefficient (Wildman–Crippen LogP) is 3.13. The number of rotatable bonds is 6. The number of hydrogen-bond acceptors (Lipinski definition) is 4. The lowest BCUT2D eigenvalue weighted by molar-refractivity contribution is -0.114. The summed E-state index contributed by atoms with van der Waals surface area (Å²) in [5.74, 6) is -0.000544. The second kappa shape index (κ2) is 7.86. The van der Waals surface area contributed by atoms with Gasteiger partial charge in [-0.25, -0.2) is 8.42 Å². The van der Waals surface area contributed by atoms with Gasteiger partial charge in [0.25, 0.3) is 0 Å². The molecule has 1 N–H and O–H groups in total. The number of halogens is 1. The molecule has 0 spiro atoms. The summed E-state index contributed by atoms with van der Waals surface area (Å²) in [6.07, 6.45) is 0. The van der Waals surface area contributed by atoms with Crippen LogP contribution in [0.25, 0.3) is 0 Å². The third-order valence-corrected chi connectivity index (χ3v) is 5.52. The molecule has 6 nitrogen and oxygen atoms in total. The number of sulfonamides is 1.